The van der Waals surface area contributed by atoms with E-state index in [1.165, 1.54) is 0 Å². The molecule has 0 N–H and O–H groups in total. The molecule has 2 aromatic heterocycles. The lowest BCUT2D eigenvalue weighted by Gasteiger charge is -2.10. The molecule has 0 unspecified atom stereocenters. The normalized spacial score (nSPS) is 16.9. The minimum Gasteiger partial charge on any atom is -0.474 e. The highest BCUT2D eigenvalue weighted by atomic mass is 35.5. The molecule has 2 aromatic carbocycles. The monoisotopic (exact) mass is 436 g/mol. The van der Waals surface area contributed by atoms with Crippen LogP contribution in [0.1, 0.15) is 28.7 Å². The number of nitrogens with zero attached hydrogens (tertiary/aromatic N) is 6. The van der Waals surface area contributed by atoms with Crippen LogP contribution in [0.5, 0.6) is 0 Å². The maximum Gasteiger partial charge on any atom is 0.238 e. The molecule has 1 atom stereocenters. The van der Waals surface area contributed by atoms with Crippen LogP contribution in [-0.2, 0) is 11.2 Å². The van der Waals surface area contributed by atoms with Crippen molar-refractivity contribution >= 4 is 29.1 Å². The highest BCUT2D eigenvalue weighted by Crippen LogP contribution is 2.32. The van der Waals surface area contributed by atoms with Crippen LogP contribution in [0.3, 0.4) is 0 Å². The van der Waals surface area contributed by atoms with Gasteiger partial charge < -0.3 is 4.74 Å². The van der Waals surface area contributed by atoms with Crippen molar-refractivity contribution in [1.82, 2.24) is 24.5 Å². The Kier molecular flexibility index (Phi) is 3.94. The molecule has 0 saturated heterocycles. The first kappa shape index (κ1) is 17.7. The van der Waals surface area contributed by atoms with Gasteiger partial charge in [-0.3, -0.25) is 4.57 Å². The molecule has 30 heavy (non-hydrogen) atoms. The fourth-order valence-electron chi connectivity index (χ4n) is 3.91. The van der Waals surface area contributed by atoms with E-state index in [0.717, 1.165) is 34.0 Å². The van der Waals surface area contributed by atoms with Crippen LogP contribution in [0, 0.1) is 0 Å². The summed E-state index contributed by atoms with van der Waals surface area (Å²) in [6, 6.07) is 13.3. The van der Waals surface area contributed by atoms with Crippen LogP contribution >= 0.6 is 23.2 Å². The summed E-state index contributed by atoms with van der Waals surface area (Å²) in [4.78, 5) is 9.44. The van der Waals surface area contributed by atoms with Crippen molar-refractivity contribution in [2.45, 2.75) is 12.5 Å². The molecule has 6 rings (SSSR count). The summed E-state index contributed by atoms with van der Waals surface area (Å²) < 4.78 is 9.81. The fraction of sp³-hybridized carbons (Fsp3) is 0.143. The van der Waals surface area contributed by atoms with E-state index in [2.05, 4.69) is 15.3 Å². The standard InChI is InChI=1S/C21H14Cl2N6O/c22-13-3-1-12(2-4-13)16-10-30-21(26-16)20-19-8-15-9-25-27-29(15)18-7-14(23)5-6-17(18)28(19)11-24-20/h1-7,9,11,16H,8,10H2/t16-/m0/s1. The first-order valence-corrected chi connectivity index (χ1v) is 10.2. The number of ether oxygens (including phenoxy) is 1. The van der Waals surface area contributed by atoms with Crippen LogP contribution in [0.25, 0.3) is 11.4 Å². The number of hydrogen-bond acceptors (Lipinski definition) is 5. The van der Waals surface area contributed by atoms with Gasteiger partial charge in [-0.1, -0.05) is 40.5 Å². The van der Waals surface area contributed by atoms with Gasteiger partial charge in [-0.2, -0.15) is 0 Å². The Morgan fingerprint density at radius 1 is 1.00 bits per heavy atom. The van der Waals surface area contributed by atoms with Crippen molar-refractivity contribution < 1.29 is 4.74 Å². The number of hydrogen-bond donors (Lipinski definition) is 0. The third kappa shape index (κ3) is 2.74. The summed E-state index contributed by atoms with van der Waals surface area (Å²) in [5, 5.41) is 9.67. The van der Waals surface area contributed by atoms with E-state index in [4.69, 9.17) is 32.9 Å². The zero-order valence-corrected chi connectivity index (χ0v) is 17.0. The number of aromatic nitrogens is 5. The second kappa shape index (κ2) is 6.68. The van der Waals surface area contributed by atoms with Crippen molar-refractivity contribution in [3.05, 3.63) is 87.7 Å². The van der Waals surface area contributed by atoms with E-state index < -0.39 is 0 Å². The van der Waals surface area contributed by atoms with E-state index in [1.54, 1.807) is 12.5 Å². The van der Waals surface area contributed by atoms with Gasteiger partial charge in [0.1, 0.15) is 24.7 Å². The van der Waals surface area contributed by atoms with Crippen molar-refractivity contribution in [2.24, 2.45) is 4.99 Å². The minimum atomic E-state index is -0.0846. The van der Waals surface area contributed by atoms with Crippen LogP contribution in [0.4, 0.5) is 0 Å². The Morgan fingerprint density at radius 2 is 1.83 bits per heavy atom. The molecule has 2 aliphatic heterocycles. The minimum absolute atomic E-state index is 0.0846. The molecule has 0 aliphatic carbocycles. The highest BCUT2D eigenvalue weighted by Gasteiger charge is 2.29. The fourth-order valence-corrected chi connectivity index (χ4v) is 4.20. The molecule has 7 nitrogen and oxygen atoms in total. The quantitative estimate of drug-likeness (QED) is 0.416. The molecule has 4 heterocycles. The summed E-state index contributed by atoms with van der Waals surface area (Å²) in [7, 11) is 0. The third-order valence-corrected chi connectivity index (χ3v) is 5.86. The maximum atomic E-state index is 6.25. The van der Waals surface area contributed by atoms with Gasteiger partial charge in [-0.15, -0.1) is 5.10 Å². The van der Waals surface area contributed by atoms with Crippen molar-refractivity contribution in [1.29, 1.82) is 0 Å². The van der Waals surface area contributed by atoms with Gasteiger partial charge in [0.25, 0.3) is 0 Å². The summed E-state index contributed by atoms with van der Waals surface area (Å²) in [5.41, 5.74) is 5.46. The topological polar surface area (TPSA) is 70.1 Å². The molecule has 9 heteroatoms. The molecule has 0 saturated carbocycles. The average Bonchev–Trinajstić information content (AvgIpc) is 3.48. The van der Waals surface area contributed by atoms with Crippen LogP contribution in [0.2, 0.25) is 10.0 Å². The highest BCUT2D eigenvalue weighted by molar-refractivity contribution is 6.31. The summed E-state index contributed by atoms with van der Waals surface area (Å²) >= 11 is 12.3. The Morgan fingerprint density at radius 3 is 2.70 bits per heavy atom. The number of rotatable bonds is 2. The number of aliphatic imine (C=N–C) groups is 1. The first-order chi connectivity index (χ1) is 14.7. The van der Waals surface area contributed by atoms with Gasteiger partial charge in [-0.05, 0) is 35.9 Å². The smallest absolute Gasteiger partial charge is 0.238 e. The maximum absolute atomic E-state index is 6.25. The predicted octanol–water partition coefficient (Wildman–Crippen LogP) is 4.18. The zero-order valence-electron chi connectivity index (χ0n) is 15.5. The lowest BCUT2D eigenvalue weighted by molar-refractivity contribution is 0.319. The van der Waals surface area contributed by atoms with Crippen molar-refractivity contribution in [3.8, 4) is 11.4 Å². The second-order valence-electron chi connectivity index (χ2n) is 7.17. The van der Waals surface area contributed by atoms with Crippen molar-refractivity contribution in [2.75, 3.05) is 6.61 Å². The van der Waals surface area contributed by atoms with Crippen LogP contribution in [-0.4, -0.2) is 37.0 Å². The molecular formula is C21H14Cl2N6O. The van der Waals surface area contributed by atoms with Crippen LogP contribution in [0.15, 0.2) is 60.0 Å². The largest absolute Gasteiger partial charge is 0.474 e. The molecule has 0 spiro atoms. The van der Waals surface area contributed by atoms with Gasteiger partial charge in [-0.25, -0.2) is 14.7 Å². The number of fused-ring (bicyclic) bond motifs is 5. The van der Waals surface area contributed by atoms with E-state index >= 15 is 0 Å². The molecule has 0 amide bonds. The SMILES string of the molecule is Clc1ccc([C@@H]2COC(c3ncn4c3Cc3cnnn3-c3cc(Cl)ccc3-4)=N2)cc1. The summed E-state index contributed by atoms with van der Waals surface area (Å²) in [5.74, 6) is 0.542. The molecule has 0 radical (unpaired) electrons. The summed E-state index contributed by atoms with van der Waals surface area (Å²) in [6.45, 7) is 0.467. The van der Waals surface area contributed by atoms with E-state index in [0.29, 0.717) is 29.0 Å². The van der Waals surface area contributed by atoms with E-state index in [-0.39, 0.29) is 6.04 Å². The van der Waals surface area contributed by atoms with Gasteiger partial charge in [0, 0.05) is 16.5 Å². The Labute approximate surface area is 181 Å². The van der Waals surface area contributed by atoms with Gasteiger partial charge in [0.05, 0.1) is 29.0 Å². The Balaban J connectivity index is 1.46. The molecule has 0 bridgehead atoms. The van der Waals surface area contributed by atoms with Crippen LogP contribution < -0.4 is 0 Å². The molecule has 148 valence electrons. The average molecular weight is 437 g/mol. The van der Waals surface area contributed by atoms with E-state index in [9.17, 15) is 0 Å². The number of halogens is 2. The second-order valence-corrected chi connectivity index (χ2v) is 8.04. The lowest BCUT2D eigenvalue weighted by Crippen LogP contribution is -2.08. The molecular weight excluding hydrogens is 423 g/mol. The van der Waals surface area contributed by atoms with Crippen molar-refractivity contribution in [3.63, 3.8) is 0 Å². The molecule has 2 aliphatic rings. The van der Waals surface area contributed by atoms with Gasteiger partial charge in [0.2, 0.25) is 5.90 Å². The zero-order chi connectivity index (χ0) is 20.2. The number of imidazole rings is 1. The number of benzene rings is 2. The predicted molar refractivity (Wildman–Crippen MR) is 113 cm³/mol. The van der Waals surface area contributed by atoms with Gasteiger partial charge >= 0.3 is 0 Å². The summed E-state index contributed by atoms with van der Waals surface area (Å²) in [6.07, 6.45) is 4.13. The first-order valence-electron chi connectivity index (χ1n) is 9.40. The molecule has 4 aromatic rings. The lowest BCUT2D eigenvalue weighted by atomic mass is 10.1. The van der Waals surface area contributed by atoms with E-state index in [1.807, 2.05) is 51.7 Å². The Hall–Kier alpha value is -3.16. The molecule has 0 fully saturated rings. The van der Waals surface area contributed by atoms with Gasteiger partial charge in [0.15, 0.2) is 0 Å². The Bertz CT molecular complexity index is 1310. The third-order valence-electron chi connectivity index (χ3n) is 5.37.